The van der Waals surface area contributed by atoms with Crippen LogP contribution < -0.4 is 10.2 Å². The van der Waals surface area contributed by atoms with Gasteiger partial charge in [0.2, 0.25) is 4.80 Å². The summed E-state index contributed by atoms with van der Waals surface area (Å²) in [5.74, 6) is 0.192. The molecule has 4 aromatic carbocycles. The fourth-order valence-electron chi connectivity index (χ4n) is 4.72. The van der Waals surface area contributed by atoms with Crippen LogP contribution in [0.15, 0.2) is 142 Å². The molecule has 41 heavy (non-hydrogen) atoms. The number of nitrogens with one attached hydrogen (secondary N) is 1. The Morgan fingerprint density at radius 1 is 0.756 bits per heavy atom. The smallest absolute Gasteiger partial charge is 0.291 e. The number of fused-ring (bicyclic) bond motifs is 1. The minimum Gasteiger partial charge on any atom is -0.454 e. The molecule has 8 heteroatoms. The van der Waals surface area contributed by atoms with E-state index in [-0.39, 0.29) is 5.69 Å². The van der Waals surface area contributed by atoms with Gasteiger partial charge in [-0.3, -0.25) is 9.36 Å². The average Bonchev–Trinajstić information content (AvgIpc) is 3.78. The number of amides is 1. The molecule has 0 radical (unpaired) electrons. The Labute approximate surface area is 239 Å². The molecule has 0 atom stereocenters. The highest BCUT2D eigenvalue weighted by atomic mass is 32.1. The van der Waals surface area contributed by atoms with Crippen LogP contribution in [0.4, 0.5) is 0 Å². The van der Waals surface area contributed by atoms with Gasteiger partial charge in [0.05, 0.1) is 11.4 Å². The number of hydrogen-bond donors (Lipinski definition) is 1. The molecule has 198 valence electrons. The second kappa shape index (κ2) is 10.6. The van der Waals surface area contributed by atoms with Crippen LogP contribution in [-0.4, -0.2) is 20.3 Å². The molecule has 0 saturated carbocycles. The van der Waals surface area contributed by atoms with Crippen molar-refractivity contribution in [1.82, 2.24) is 19.8 Å². The van der Waals surface area contributed by atoms with Crippen LogP contribution in [-0.2, 0) is 0 Å². The number of nitrogens with zero attached hydrogens (tertiary/aromatic N) is 4. The highest BCUT2D eigenvalue weighted by Crippen LogP contribution is 2.30. The number of benzene rings is 4. The number of aromatic nitrogens is 3. The zero-order valence-electron chi connectivity index (χ0n) is 21.7. The van der Waals surface area contributed by atoms with Crippen molar-refractivity contribution in [2.24, 2.45) is 5.10 Å². The molecular weight excluding hydrogens is 530 g/mol. The summed E-state index contributed by atoms with van der Waals surface area (Å²) in [6.07, 6.45) is 0. The maximum Gasteiger partial charge on any atom is 0.291 e. The molecule has 1 amide bonds. The molecule has 1 N–H and O–H groups in total. The minimum atomic E-state index is -0.425. The van der Waals surface area contributed by atoms with Crippen LogP contribution in [0.25, 0.3) is 45.1 Å². The fraction of sp³-hybridized carbons (Fsp3) is 0. The van der Waals surface area contributed by atoms with E-state index in [4.69, 9.17) is 4.42 Å². The van der Waals surface area contributed by atoms with Gasteiger partial charge in [0.1, 0.15) is 11.3 Å². The predicted octanol–water partition coefficient (Wildman–Crippen LogP) is 7.05. The lowest BCUT2D eigenvalue weighted by molar-refractivity contribution is 0.0947. The summed E-state index contributed by atoms with van der Waals surface area (Å²) in [7, 11) is 0. The standard InChI is InChI=1S/C33H23N5O2S/c39-32(34-35-33-37(25-15-6-2-7-16-25)29(22-41-33)23-12-4-1-5-13-23)27-21-28(38(36-27)26-17-8-3-9-18-26)31-20-24-14-10-11-19-30(24)40-31/h1-22H,(H,34,39)/b35-33+. The maximum atomic E-state index is 13.4. The monoisotopic (exact) mass is 553 g/mol. The number of thiazole rings is 1. The van der Waals surface area contributed by atoms with Crippen molar-refractivity contribution in [1.29, 1.82) is 0 Å². The fourth-order valence-corrected chi connectivity index (χ4v) is 5.59. The van der Waals surface area contributed by atoms with Crippen LogP contribution in [0.5, 0.6) is 0 Å². The number of furan rings is 1. The molecule has 0 aliphatic carbocycles. The third-order valence-electron chi connectivity index (χ3n) is 6.67. The first-order valence-electron chi connectivity index (χ1n) is 13.0. The Bertz CT molecular complexity index is 2000. The highest BCUT2D eigenvalue weighted by Gasteiger charge is 2.20. The summed E-state index contributed by atoms with van der Waals surface area (Å²) in [6, 6.07) is 41.2. The number of para-hydroxylation sites is 3. The molecule has 0 bridgehead atoms. The molecular formula is C33H23N5O2S. The molecule has 3 aromatic heterocycles. The number of rotatable bonds is 6. The Hall–Kier alpha value is -5.47. The largest absolute Gasteiger partial charge is 0.454 e. The Kier molecular flexibility index (Phi) is 6.35. The lowest BCUT2D eigenvalue weighted by Crippen LogP contribution is -2.24. The summed E-state index contributed by atoms with van der Waals surface area (Å²) in [5.41, 5.74) is 8.17. The van der Waals surface area contributed by atoms with E-state index in [0.717, 1.165) is 33.6 Å². The predicted molar refractivity (Wildman–Crippen MR) is 161 cm³/mol. The van der Waals surface area contributed by atoms with Gasteiger partial charge < -0.3 is 4.42 Å². The molecule has 0 unspecified atom stereocenters. The first-order chi connectivity index (χ1) is 20.2. The van der Waals surface area contributed by atoms with Gasteiger partial charge in [0.25, 0.3) is 5.91 Å². The third-order valence-corrected chi connectivity index (χ3v) is 7.49. The van der Waals surface area contributed by atoms with E-state index in [9.17, 15) is 4.79 Å². The van der Waals surface area contributed by atoms with E-state index < -0.39 is 5.91 Å². The van der Waals surface area contributed by atoms with Crippen LogP contribution in [0.3, 0.4) is 0 Å². The van der Waals surface area contributed by atoms with E-state index >= 15 is 0 Å². The molecule has 7 nitrogen and oxygen atoms in total. The molecule has 3 heterocycles. The van der Waals surface area contributed by atoms with Crippen molar-refractivity contribution in [3.63, 3.8) is 0 Å². The zero-order valence-corrected chi connectivity index (χ0v) is 22.5. The van der Waals surface area contributed by atoms with E-state index in [1.165, 1.54) is 11.3 Å². The molecule has 0 saturated heterocycles. The van der Waals surface area contributed by atoms with Crippen LogP contribution >= 0.6 is 11.3 Å². The topological polar surface area (TPSA) is 77.4 Å². The van der Waals surface area contributed by atoms with E-state index in [1.54, 1.807) is 10.7 Å². The van der Waals surface area contributed by atoms with Crippen molar-refractivity contribution in [2.45, 2.75) is 0 Å². The second-order valence-corrected chi connectivity index (χ2v) is 10.1. The van der Waals surface area contributed by atoms with Gasteiger partial charge in [-0.05, 0) is 42.0 Å². The summed E-state index contributed by atoms with van der Waals surface area (Å²) in [5, 5.41) is 12.2. The summed E-state index contributed by atoms with van der Waals surface area (Å²) >= 11 is 1.45. The van der Waals surface area contributed by atoms with E-state index in [2.05, 4.69) is 27.8 Å². The van der Waals surface area contributed by atoms with Gasteiger partial charge in [0, 0.05) is 22.5 Å². The van der Waals surface area contributed by atoms with Crippen LogP contribution in [0, 0.1) is 0 Å². The first-order valence-corrected chi connectivity index (χ1v) is 13.9. The van der Waals surface area contributed by atoms with Gasteiger partial charge in [-0.2, -0.15) is 5.10 Å². The zero-order chi connectivity index (χ0) is 27.6. The number of carbonyl (C=O) groups excluding carboxylic acids is 1. The number of carbonyl (C=O) groups is 1. The normalized spacial score (nSPS) is 11.7. The van der Waals surface area contributed by atoms with Crippen molar-refractivity contribution in [2.75, 3.05) is 0 Å². The van der Waals surface area contributed by atoms with Crippen molar-refractivity contribution in [3.8, 4) is 34.1 Å². The summed E-state index contributed by atoms with van der Waals surface area (Å²) < 4.78 is 9.88. The van der Waals surface area contributed by atoms with E-state index in [0.29, 0.717) is 16.3 Å². The Balaban J connectivity index is 1.28. The van der Waals surface area contributed by atoms with E-state index in [1.807, 2.05) is 119 Å². The molecule has 7 aromatic rings. The second-order valence-electron chi connectivity index (χ2n) is 9.30. The SMILES string of the molecule is O=C(N/N=c1/scc(-c2ccccc2)n1-c1ccccc1)c1cc(-c2cc3ccccc3o2)n(-c2ccccc2)n1. The first kappa shape index (κ1) is 24.6. The van der Waals surface area contributed by atoms with Gasteiger partial charge in [-0.1, -0.05) is 84.9 Å². The number of hydrogen-bond acceptors (Lipinski definition) is 5. The van der Waals surface area contributed by atoms with Crippen LogP contribution in [0.2, 0.25) is 0 Å². The summed E-state index contributed by atoms with van der Waals surface area (Å²) in [4.78, 5) is 14.1. The van der Waals surface area contributed by atoms with Crippen molar-refractivity contribution < 1.29 is 9.21 Å². The van der Waals surface area contributed by atoms with Crippen molar-refractivity contribution >= 4 is 28.2 Å². The maximum absolute atomic E-state index is 13.4. The molecule has 0 aliphatic heterocycles. The van der Waals surface area contributed by atoms with Gasteiger partial charge >= 0.3 is 0 Å². The van der Waals surface area contributed by atoms with Gasteiger partial charge in [0.15, 0.2) is 11.5 Å². The Morgan fingerprint density at radius 2 is 1.41 bits per heavy atom. The van der Waals surface area contributed by atoms with Gasteiger partial charge in [-0.25, -0.2) is 10.1 Å². The molecule has 0 aliphatic rings. The molecule has 0 spiro atoms. The minimum absolute atomic E-state index is 0.221. The van der Waals surface area contributed by atoms with Crippen LogP contribution in [0.1, 0.15) is 10.5 Å². The summed E-state index contributed by atoms with van der Waals surface area (Å²) in [6.45, 7) is 0. The lowest BCUT2D eigenvalue weighted by atomic mass is 10.1. The van der Waals surface area contributed by atoms with Crippen molar-refractivity contribution in [3.05, 3.63) is 143 Å². The average molecular weight is 554 g/mol. The quantitative estimate of drug-likeness (QED) is 0.224. The highest BCUT2D eigenvalue weighted by molar-refractivity contribution is 7.07. The molecule has 7 rings (SSSR count). The Morgan fingerprint density at radius 3 is 2.15 bits per heavy atom. The third kappa shape index (κ3) is 4.77. The lowest BCUT2D eigenvalue weighted by Gasteiger charge is -2.09. The van der Waals surface area contributed by atoms with Gasteiger partial charge in [-0.15, -0.1) is 16.4 Å². The molecule has 0 fully saturated rings.